The SMILES string of the molecule is CC(=O)N(CC(=O)Nc1cccc(F)c1)c1ccc(F)cc1. The van der Waals surface area contributed by atoms with E-state index in [0.717, 1.165) is 0 Å². The molecule has 2 aromatic rings. The van der Waals surface area contributed by atoms with Crippen molar-refractivity contribution in [2.24, 2.45) is 0 Å². The summed E-state index contributed by atoms with van der Waals surface area (Å²) in [7, 11) is 0. The number of amides is 2. The van der Waals surface area contributed by atoms with Crippen LogP contribution in [-0.2, 0) is 9.59 Å². The molecule has 0 atom stereocenters. The summed E-state index contributed by atoms with van der Waals surface area (Å²) in [6, 6.07) is 10.7. The molecule has 2 amide bonds. The van der Waals surface area contributed by atoms with Gasteiger partial charge in [-0.05, 0) is 42.5 Å². The van der Waals surface area contributed by atoms with Gasteiger partial charge in [-0.15, -0.1) is 0 Å². The van der Waals surface area contributed by atoms with Gasteiger partial charge in [0.05, 0.1) is 0 Å². The standard InChI is InChI=1S/C16H14F2N2O2/c1-11(21)20(15-7-5-12(17)6-8-15)10-16(22)19-14-4-2-3-13(18)9-14/h2-9H,10H2,1H3,(H,19,22). The topological polar surface area (TPSA) is 49.4 Å². The van der Waals surface area contributed by atoms with Crippen molar-refractivity contribution in [3.63, 3.8) is 0 Å². The van der Waals surface area contributed by atoms with E-state index in [2.05, 4.69) is 5.32 Å². The zero-order valence-electron chi connectivity index (χ0n) is 11.8. The summed E-state index contributed by atoms with van der Waals surface area (Å²) in [6.45, 7) is 1.05. The third-order valence-electron chi connectivity index (χ3n) is 2.93. The van der Waals surface area contributed by atoms with Crippen LogP contribution in [0.1, 0.15) is 6.92 Å². The highest BCUT2D eigenvalue weighted by molar-refractivity contribution is 6.01. The van der Waals surface area contributed by atoms with Crippen molar-refractivity contribution < 1.29 is 18.4 Å². The Kier molecular flexibility index (Phi) is 4.83. The Balaban J connectivity index is 2.09. The Morgan fingerprint density at radius 3 is 2.32 bits per heavy atom. The average Bonchev–Trinajstić information content (AvgIpc) is 2.45. The molecule has 22 heavy (non-hydrogen) atoms. The molecule has 6 heteroatoms. The quantitative estimate of drug-likeness (QED) is 0.944. The van der Waals surface area contributed by atoms with Gasteiger partial charge in [0, 0.05) is 18.3 Å². The zero-order chi connectivity index (χ0) is 16.1. The number of hydrogen-bond acceptors (Lipinski definition) is 2. The highest BCUT2D eigenvalue weighted by Gasteiger charge is 2.16. The third-order valence-corrected chi connectivity index (χ3v) is 2.93. The number of anilines is 2. The molecule has 0 saturated heterocycles. The van der Waals surface area contributed by atoms with Gasteiger partial charge >= 0.3 is 0 Å². The Morgan fingerprint density at radius 1 is 1.05 bits per heavy atom. The molecule has 0 aliphatic carbocycles. The predicted molar refractivity (Wildman–Crippen MR) is 79.5 cm³/mol. The van der Waals surface area contributed by atoms with Crippen molar-refractivity contribution in [2.75, 3.05) is 16.8 Å². The highest BCUT2D eigenvalue weighted by atomic mass is 19.1. The molecule has 2 rings (SSSR count). The second-order valence-electron chi connectivity index (χ2n) is 4.64. The highest BCUT2D eigenvalue weighted by Crippen LogP contribution is 2.15. The van der Waals surface area contributed by atoms with Crippen LogP contribution >= 0.6 is 0 Å². The molecule has 0 unspecified atom stereocenters. The number of rotatable bonds is 4. The van der Waals surface area contributed by atoms with Gasteiger partial charge in [0.25, 0.3) is 0 Å². The lowest BCUT2D eigenvalue weighted by Crippen LogP contribution is -2.36. The summed E-state index contributed by atoms with van der Waals surface area (Å²) < 4.78 is 26.0. The molecule has 0 spiro atoms. The zero-order valence-corrected chi connectivity index (χ0v) is 11.8. The summed E-state index contributed by atoms with van der Waals surface area (Å²) >= 11 is 0. The normalized spacial score (nSPS) is 10.1. The number of halogens is 2. The van der Waals surface area contributed by atoms with Crippen molar-refractivity contribution in [3.05, 3.63) is 60.2 Å². The first-order valence-electron chi connectivity index (χ1n) is 6.55. The van der Waals surface area contributed by atoms with E-state index in [1.807, 2.05) is 0 Å². The van der Waals surface area contributed by atoms with Crippen molar-refractivity contribution in [3.8, 4) is 0 Å². The minimum absolute atomic E-state index is 0.253. The van der Waals surface area contributed by atoms with Crippen LogP contribution in [-0.4, -0.2) is 18.4 Å². The van der Waals surface area contributed by atoms with Crippen LogP contribution in [0.2, 0.25) is 0 Å². The van der Waals surface area contributed by atoms with Gasteiger partial charge in [-0.1, -0.05) is 6.07 Å². The molecule has 0 heterocycles. The summed E-state index contributed by atoms with van der Waals surface area (Å²) in [4.78, 5) is 24.8. The van der Waals surface area contributed by atoms with Crippen molar-refractivity contribution in [2.45, 2.75) is 6.92 Å². The van der Waals surface area contributed by atoms with E-state index in [0.29, 0.717) is 11.4 Å². The summed E-state index contributed by atoms with van der Waals surface area (Å²) in [6.07, 6.45) is 0. The Hall–Kier alpha value is -2.76. The van der Waals surface area contributed by atoms with Gasteiger partial charge in [-0.2, -0.15) is 0 Å². The van der Waals surface area contributed by atoms with Crippen LogP contribution in [0.3, 0.4) is 0 Å². The predicted octanol–water partition coefficient (Wildman–Crippen LogP) is 2.96. The lowest BCUT2D eigenvalue weighted by molar-refractivity contribution is -0.120. The van der Waals surface area contributed by atoms with Crippen molar-refractivity contribution in [1.29, 1.82) is 0 Å². The molecule has 114 valence electrons. The van der Waals surface area contributed by atoms with Crippen molar-refractivity contribution in [1.82, 2.24) is 0 Å². The van der Waals surface area contributed by atoms with Gasteiger partial charge in [-0.3, -0.25) is 9.59 Å². The lowest BCUT2D eigenvalue weighted by atomic mass is 10.2. The van der Waals surface area contributed by atoms with Crippen LogP contribution in [0, 0.1) is 11.6 Å². The molecule has 0 radical (unpaired) electrons. The fourth-order valence-corrected chi connectivity index (χ4v) is 1.92. The smallest absolute Gasteiger partial charge is 0.244 e. The van der Waals surface area contributed by atoms with E-state index in [-0.39, 0.29) is 12.5 Å². The van der Waals surface area contributed by atoms with Crippen LogP contribution in [0.5, 0.6) is 0 Å². The summed E-state index contributed by atoms with van der Waals surface area (Å²) in [5, 5.41) is 2.50. The lowest BCUT2D eigenvalue weighted by Gasteiger charge is -2.20. The van der Waals surface area contributed by atoms with E-state index in [1.165, 1.54) is 60.4 Å². The molecule has 0 aliphatic rings. The monoisotopic (exact) mass is 304 g/mol. The first kappa shape index (κ1) is 15.6. The maximum Gasteiger partial charge on any atom is 0.244 e. The van der Waals surface area contributed by atoms with Crippen LogP contribution in [0.15, 0.2) is 48.5 Å². The van der Waals surface area contributed by atoms with Crippen LogP contribution in [0.4, 0.5) is 20.2 Å². The number of nitrogens with one attached hydrogen (secondary N) is 1. The van der Waals surface area contributed by atoms with Crippen LogP contribution < -0.4 is 10.2 Å². The molecular weight excluding hydrogens is 290 g/mol. The summed E-state index contributed by atoms with van der Waals surface area (Å²) in [5.74, 6) is -1.75. The number of nitrogens with zero attached hydrogens (tertiary/aromatic N) is 1. The first-order valence-corrected chi connectivity index (χ1v) is 6.55. The largest absolute Gasteiger partial charge is 0.324 e. The molecular formula is C16H14F2N2O2. The van der Waals surface area contributed by atoms with Gasteiger partial charge in [0.2, 0.25) is 11.8 Å². The second-order valence-corrected chi connectivity index (χ2v) is 4.64. The first-order chi connectivity index (χ1) is 10.5. The minimum atomic E-state index is -0.481. The van der Waals surface area contributed by atoms with E-state index < -0.39 is 17.5 Å². The average molecular weight is 304 g/mol. The van der Waals surface area contributed by atoms with E-state index in [4.69, 9.17) is 0 Å². The minimum Gasteiger partial charge on any atom is -0.324 e. The van der Waals surface area contributed by atoms with Gasteiger partial charge < -0.3 is 10.2 Å². The van der Waals surface area contributed by atoms with Gasteiger partial charge in [0.15, 0.2) is 0 Å². The summed E-state index contributed by atoms with van der Waals surface area (Å²) in [5.41, 5.74) is 0.705. The second kappa shape index (κ2) is 6.80. The molecule has 1 N–H and O–H groups in total. The van der Waals surface area contributed by atoms with Crippen LogP contribution in [0.25, 0.3) is 0 Å². The molecule has 0 aliphatic heterocycles. The number of carbonyl (C=O) groups is 2. The Labute approximate surface area is 126 Å². The maximum absolute atomic E-state index is 13.1. The molecule has 0 fully saturated rings. The van der Waals surface area contributed by atoms with Crippen molar-refractivity contribution >= 4 is 23.2 Å². The van der Waals surface area contributed by atoms with Gasteiger partial charge in [-0.25, -0.2) is 8.78 Å². The molecule has 0 bridgehead atoms. The fourth-order valence-electron chi connectivity index (χ4n) is 1.92. The number of hydrogen-bond donors (Lipinski definition) is 1. The third kappa shape index (κ3) is 4.12. The number of benzene rings is 2. The molecule has 2 aromatic carbocycles. The van der Waals surface area contributed by atoms with Gasteiger partial charge in [0.1, 0.15) is 18.2 Å². The Bertz CT molecular complexity index is 687. The molecule has 4 nitrogen and oxygen atoms in total. The molecule has 0 saturated carbocycles. The van der Waals surface area contributed by atoms with E-state index in [1.54, 1.807) is 0 Å². The number of carbonyl (C=O) groups excluding carboxylic acids is 2. The van der Waals surface area contributed by atoms with E-state index >= 15 is 0 Å². The fraction of sp³-hybridized carbons (Fsp3) is 0.125. The molecule has 0 aromatic heterocycles. The maximum atomic E-state index is 13.1. The van der Waals surface area contributed by atoms with E-state index in [9.17, 15) is 18.4 Å². The Morgan fingerprint density at radius 2 is 1.73 bits per heavy atom.